The molecular formula is C16H14N2O3. The lowest BCUT2D eigenvalue weighted by atomic mass is 10.2. The maximum Gasteiger partial charge on any atom is 0.271 e. The Labute approximate surface area is 122 Å². The molecule has 3 rings (SSSR count). The first-order valence-corrected chi connectivity index (χ1v) is 6.52. The van der Waals surface area contributed by atoms with E-state index >= 15 is 0 Å². The quantitative estimate of drug-likeness (QED) is 0.695. The summed E-state index contributed by atoms with van der Waals surface area (Å²) in [5.74, 6) is 0.928. The fourth-order valence-corrected chi connectivity index (χ4v) is 2.02. The summed E-state index contributed by atoms with van der Waals surface area (Å²) in [7, 11) is 0. The number of hydrogen-bond donors (Lipinski definition) is 1. The Bertz CT molecular complexity index is 710. The van der Waals surface area contributed by atoms with Gasteiger partial charge in [-0.25, -0.2) is 5.43 Å². The second-order valence-electron chi connectivity index (χ2n) is 4.68. The summed E-state index contributed by atoms with van der Waals surface area (Å²) >= 11 is 0. The maximum atomic E-state index is 12.0. The molecule has 0 fully saturated rings. The van der Waals surface area contributed by atoms with Crippen LogP contribution >= 0.6 is 0 Å². The average molecular weight is 282 g/mol. The molecule has 5 nitrogen and oxygen atoms in total. The number of nitrogens with one attached hydrogen (secondary N) is 1. The largest absolute Gasteiger partial charge is 0.454 e. The molecule has 1 aliphatic rings. The van der Waals surface area contributed by atoms with Gasteiger partial charge in [-0.2, -0.15) is 5.10 Å². The van der Waals surface area contributed by atoms with E-state index in [1.165, 1.54) is 0 Å². The standard InChI is InChI=1S/C16H14N2O3/c1-11-3-2-4-12(7-11)9-17-18-16(19)13-5-6-14-15(8-13)21-10-20-14/h2-9H,10H2,1H3,(H,18,19). The second-order valence-corrected chi connectivity index (χ2v) is 4.68. The molecular weight excluding hydrogens is 268 g/mol. The van der Waals surface area contributed by atoms with Crippen LogP contribution in [0.25, 0.3) is 0 Å². The van der Waals surface area contributed by atoms with Gasteiger partial charge in [0.1, 0.15) is 0 Å². The Morgan fingerprint density at radius 1 is 1.19 bits per heavy atom. The zero-order valence-corrected chi connectivity index (χ0v) is 11.5. The minimum atomic E-state index is -0.294. The topological polar surface area (TPSA) is 59.9 Å². The van der Waals surface area contributed by atoms with E-state index in [0.29, 0.717) is 17.1 Å². The third-order valence-electron chi connectivity index (χ3n) is 3.06. The summed E-state index contributed by atoms with van der Waals surface area (Å²) in [4.78, 5) is 12.0. The molecule has 5 heteroatoms. The summed E-state index contributed by atoms with van der Waals surface area (Å²) in [6.45, 7) is 2.19. The number of amides is 1. The molecule has 1 aliphatic heterocycles. The first-order valence-electron chi connectivity index (χ1n) is 6.52. The summed E-state index contributed by atoms with van der Waals surface area (Å²) in [5.41, 5.74) is 5.04. The first kappa shape index (κ1) is 13.2. The Hall–Kier alpha value is -2.82. The lowest BCUT2D eigenvalue weighted by Crippen LogP contribution is -2.17. The van der Waals surface area contributed by atoms with Crippen molar-refractivity contribution in [2.75, 3.05) is 6.79 Å². The molecule has 0 aliphatic carbocycles. The van der Waals surface area contributed by atoms with Crippen molar-refractivity contribution in [1.29, 1.82) is 0 Å². The average Bonchev–Trinajstić information content (AvgIpc) is 2.94. The van der Waals surface area contributed by atoms with E-state index in [4.69, 9.17) is 9.47 Å². The summed E-state index contributed by atoms with van der Waals surface area (Å²) in [6.07, 6.45) is 1.61. The molecule has 1 N–H and O–H groups in total. The van der Waals surface area contributed by atoms with Crippen molar-refractivity contribution in [3.8, 4) is 11.5 Å². The molecule has 0 spiro atoms. The van der Waals surface area contributed by atoms with Gasteiger partial charge in [0.05, 0.1) is 6.21 Å². The summed E-state index contributed by atoms with van der Waals surface area (Å²) in [6, 6.07) is 12.9. The minimum absolute atomic E-state index is 0.186. The lowest BCUT2D eigenvalue weighted by Gasteiger charge is -2.01. The van der Waals surface area contributed by atoms with Crippen molar-refractivity contribution in [1.82, 2.24) is 5.43 Å². The number of carbonyl (C=O) groups excluding carboxylic acids is 1. The second kappa shape index (κ2) is 5.66. The van der Waals surface area contributed by atoms with E-state index < -0.39 is 0 Å². The van der Waals surface area contributed by atoms with E-state index in [9.17, 15) is 4.79 Å². The first-order chi connectivity index (χ1) is 10.2. The molecule has 0 unspecified atom stereocenters. The van der Waals surface area contributed by atoms with Crippen LogP contribution in [0.4, 0.5) is 0 Å². The molecule has 1 heterocycles. The molecule has 0 saturated heterocycles. The van der Waals surface area contributed by atoms with Crippen LogP contribution in [0.2, 0.25) is 0 Å². The van der Waals surface area contributed by atoms with E-state index in [0.717, 1.165) is 11.1 Å². The zero-order valence-electron chi connectivity index (χ0n) is 11.5. The van der Waals surface area contributed by atoms with Gasteiger partial charge in [0.15, 0.2) is 11.5 Å². The molecule has 2 aromatic rings. The molecule has 2 aromatic carbocycles. The van der Waals surface area contributed by atoms with Crippen LogP contribution in [-0.2, 0) is 0 Å². The van der Waals surface area contributed by atoms with E-state index in [2.05, 4.69) is 10.5 Å². The fraction of sp³-hybridized carbons (Fsp3) is 0.125. The van der Waals surface area contributed by atoms with Crippen molar-refractivity contribution in [3.63, 3.8) is 0 Å². The Balaban J connectivity index is 1.66. The van der Waals surface area contributed by atoms with E-state index in [1.807, 2.05) is 31.2 Å². The van der Waals surface area contributed by atoms with Crippen molar-refractivity contribution in [3.05, 3.63) is 59.2 Å². The molecule has 0 radical (unpaired) electrons. The Kier molecular flexibility index (Phi) is 3.55. The van der Waals surface area contributed by atoms with Crippen molar-refractivity contribution in [2.45, 2.75) is 6.92 Å². The van der Waals surface area contributed by atoms with Crippen LogP contribution < -0.4 is 14.9 Å². The van der Waals surface area contributed by atoms with Gasteiger partial charge in [0, 0.05) is 5.56 Å². The predicted molar refractivity (Wildman–Crippen MR) is 78.8 cm³/mol. The highest BCUT2D eigenvalue weighted by molar-refractivity contribution is 5.95. The van der Waals surface area contributed by atoms with Crippen molar-refractivity contribution in [2.24, 2.45) is 5.10 Å². The van der Waals surface area contributed by atoms with Gasteiger partial charge >= 0.3 is 0 Å². The highest BCUT2D eigenvalue weighted by atomic mass is 16.7. The SMILES string of the molecule is Cc1cccc(C=NNC(=O)c2ccc3c(c2)OCO3)c1. The van der Waals surface area contributed by atoms with E-state index in [-0.39, 0.29) is 12.7 Å². The third kappa shape index (κ3) is 3.02. The van der Waals surface area contributed by atoms with Gasteiger partial charge in [-0.15, -0.1) is 0 Å². The van der Waals surface area contributed by atoms with Crippen molar-refractivity contribution < 1.29 is 14.3 Å². The van der Waals surface area contributed by atoms with Gasteiger partial charge in [0.2, 0.25) is 6.79 Å². The van der Waals surface area contributed by atoms with Crippen LogP contribution in [0.5, 0.6) is 11.5 Å². The Morgan fingerprint density at radius 2 is 2.05 bits per heavy atom. The van der Waals surface area contributed by atoms with Gasteiger partial charge in [0.25, 0.3) is 5.91 Å². The number of ether oxygens (including phenoxy) is 2. The maximum absolute atomic E-state index is 12.0. The predicted octanol–water partition coefficient (Wildman–Crippen LogP) is 2.49. The van der Waals surface area contributed by atoms with Gasteiger partial charge in [-0.3, -0.25) is 4.79 Å². The van der Waals surface area contributed by atoms with Crippen LogP contribution in [0.15, 0.2) is 47.6 Å². The van der Waals surface area contributed by atoms with Gasteiger partial charge in [-0.05, 0) is 30.7 Å². The molecule has 106 valence electrons. The molecule has 21 heavy (non-hydrogen) atoms. The molecule has 0 aromatic heterocycles. The molecule has 0 bridgehead atoms. The number of aryl methyl sites for hydroxylation is 1. The number of hydrogen-bond acceptors (Lipinski definition) is 4. The normalized spacial score (nSPS) is 12.6. The number of benzene rings is 2. The van der Waals surface area contributed by atoms with Crippen LogP contribution in [0, 0.1) is 6.92 Å². The smallest absolute Gasteiger partial charge is 0.271 e. The van der Waals surface area contributed by atoms with Gasteiger partial charge in [-0.1, -0.05) is 29.8 Å². The molecule has 1 amide bonds. The highest BCUT2D eigenvalue weighted by Gasteiger charge is 2.15. The fourth-order valence-electron chi connectivity index (χ4n) is 2.02. The lowest BCUT2D eigenvalue weighted by molar-refractivity contribution is 0.0954. The monoisotopic (exact) mass is 282 g/mol. The minimum Gasteiger partial charge on any atom is -0.454 e. The molecule has 0 saturated carbocycles. The number of carbonyl (C=O) groups is 1. The Morgan fingerprint density at radius 3 is 2.90 bits per heavy atom. The third-order valence-corrected chi connectivity index (χ3v) is 3.06. The highest BCUT2D eigenvalue weighted by Crippen LogP contribution is 2.32. The summed E-state index contributed by atoms with van der Waals surface area (Å²) < 4.78 is 10.4. The molecule has 0 atom stereocenters. The van der Waals surface area contributed by atoms with E-state index in [1.54, 1.807) is 24.4 Å². The zero-order chi connectivity index (χ0) is 14.7. The number of hydrazone groups is 1. The summed E-state index contributed by atoms with van der Waals surface area (Å²) in [5, 5.41) is 3.96. The van der Waals surface area contributed by atoms with Gasteiger partial charge < -0.3 is 9.47 Å². The number of nitrogens with zero attached hydrogens (tertiary/aromatic N) is 1. The van der Waals surface area contributed by atoms with Crippen LogP contribution in [0.3, 0.4) is 0 Å². The number of rotatable bonds is 3. The number of fused-ring (bicyclic) bond motifs is 1. The van der Waals surface area contributed by atoms with Crippen LogP contribution in [-0.4, -0.2) is 18.9 Å². The van der Waals surface area contributed by atoms with Crippen molar-refractivity contribution >= 4 is 12.1 Å². The van der Waals surface area contributed by atoms with Crippen LogP contribution in [0.1, 0.15) is 21.5 Å².